The smallest absolute Gasteiger partial charge is 0.390 e. The second-order valence-electron chi connectivity index (χ2n) is 4.93. The van der Waals surface area contributed by atoms with Gasteiger partial charge < -0.3 is 15.0 Å². The van der Waals surface area contributed by atoms with Crippen LogP contribution < -0.4 is 5.32 Å². The molecule has 0 aliphatic heterocycles. The number of benzene rings is 1. The first kappa shape index (κ1) is 18.3. The Kier molecular flexibility index (Phi) is 5.89. The van der Waals surface area contributed by atoms with Crippen LogP contribution in [-0.2, 0) is 29.9 Å². The van der Waals surface area contributed by atoms with Crippen LogP contribution in [0.2, 0.25) is 0 Å². The van der Waals surface area contributed by atoms with E-state index < -0.39 is 11.7 Å². The number of nitrogens with zero attached hydrogens (tertiary/aromatic N) is 2. The van der Waals surface area contributed by atoms with Crippen molar-refractivity contribution in [2.24, 2.45) is 0 Å². The summed E-state index contributed by atoms with van der Waals surface area (Å²) < 4.78 is 39.2. The highest BCUT2D eigenvalue weighted by Gasteiger charge is 2.29. The zero-order valence-corrected chi connectivity index (χ0v) is 13.6. The van der Waals surface area contributed by atoms with Crippen LogP contribution in [0.3, 0.4) is 0 Å². The zero-order valence-electron chi connectivity index (χ0n) is 12.8. The summed E-state index contributed by atoms with van der Waals surface area (Å²) in [6, 6.07) is 4.89. The topological polar surface area (TPSA) is 67.2 Å². The maximum Gasteiger partial charge on any atom is 0.416 e. The molecule has 0 saturated carbocycles. The van der Waals surface area contributed by atoms with Crippen molar-refractivity contribution in [2.45, 2.75) is 30.2 Å². The minimum Gasteiger partial charge on any atom is -0.390 e. The van der Waals surface area contributed by atoms with E-state index >= 15 is 0 Å². The van der Waals surface area contributed by atoms with E-state index in [9.17, 15) is 23.1 Å². The van der Waals surface area contributed by atoms with Gasteiger partial charge in [-0.05, 0) is 17.7 Å². The third kappa shape index (κ3) is 4.51. The lowest BCUT2D eigenvalue weighted by atomic mass is 10.1. The molecule has 1 amide bonds. The summed E-state index contributed by atoms with van der Waals surface area (Å²) in [4.78, 5) is 15.7. The van der Waals surface area contributed by atoms with Gasteiger partial charge in [-0.1, -0.05) is 23.9 Å². The van der Waals surface area contributed by atoms with E-state index in [-0.39, 0.29) is 19.1 Å². The molecule has 130 valence electrons. The molecule has 5 nitrogen and oxygen atoms in total. The summed E-state index contributed by atoms with van der Waals surface area (Å²) in [6.07, 6.45) is -2.89. The Hall–Kier alpha value is -2.00. The molecule has 0 aliphatic carbocycles. The van der Waals surface area contributed by atoms with Crippen molar-refractivity contribution in [1.29, 1.82) is 0 Å². The number of nitrogens with one attached hydrogen (secondary N) is 1. The summed E-state index contributed by atoms with van der Waals surface area (Å²) in [7, 11) is 1.51. The Morgan fingerprint density at radius 1 is 1.33 bits per heavy atom. The fraction of sp³-hybridized carbons (Fsp3) is 0.333. The van der Waals surface area contributed by atoms with Crippen molar-refractivity contribution in [3.05, 3.63) is 47.3 Å². The number of imidazole rings is 1. The summed E-state index contributed by atoms with van der Waals surface area (Å²) in [5, 5.41) is 12.3. The van der Waals surface area contributed by atoms with Gasteiger partial charge in [-0.2, -0.15) is 13.2 Å². The summed E-state index contributed by atoms with van der Waals surface area (Å²) >= 11 is 1.28. The molecule has 1 aromatic carbocycles. The van der Waals surface area contributed by atoms with Crippen LogP contribution in [0.1, 0.15) is 16.8 Å². The fourth-order valence-corrected chi connectivity index (χ4v) is 2.92. The minimum atomic E-state index is -4.36. The average Bonchev–Trinajstić information content (AvgIpc) is 2.94. The average molecular weight is 359 g/mol. The highest BCUT2D eigenvalue weighted by molar-refractivity contribution is 7.98. The Bertz CT molecular complexity index is 699. The first-order chi connectivity index (χ1) is 11.3. The van der Waals surface area contributed by atoms with E-state index in [0.29, 0.717) is 22.2 Å². The number of aliphatic hydroxyl groups excluding tert-OH is 1. The van der Waals surface area contributed by atoms with Gasteiger partial charge in [0.15, 0.2) is 5.16 Å². The van der Waals surface area contributed by atoms with Crippen LogP contribution in [0.15, 0.2) is 35.6 Å². The molecule has 1 heterocycles. The van der Waals surface area contributed by atoms with E-state index in [2.05, 4.69) is 10.3 Å². The molecule has 0 saturated heterocycles. The molecule has 1 aromatic heterocycles. The molecule has 0 atom stereocenters. The van der Waals surface area contributed by atoms with Crippen LogP contribution in [0.25, 0.3) is 0 Å². The molecule has 0 fully saturated rings. The Morgan fingerprint density at radius 2 is 2.00 bits per heavy atom. The molecule has 0 spiro atoms. The Balaban J connectivity index is 2.09. The standard InChI is InChI=1S/C15H16F3N3O2S/c1-19-13(23)7-21-12(8-22)6-20-14(21)24-9-10-2-4-11(5-3-10)15(16,17)18/h2-6,22H,7-9H2,1H3,(H,19,23). The fourth-order valence-electron chi connectivity index (χ4n) is 1.96. The van der Waals surface area contributed by atoms with Crippen LogP contribution >= 0.6 is 11.8 Å². The van der Waals surface area contributed by atoms with E-state index in [1.165, 1.54) is 37.1 Å². The van der Waals surface area contributed by atoms with Gasteiger partial charge in [-0.3, -0.25) is 4.79 Å². The second kappa shape index (κ2) is 7.71. The van der Waals surface area contributed by atoms with E-state index in [1.54, 1.807) is 4.57 Å². The number of halogens is 3. The van der Waals surface area contributed by atoms with Crippen molar-refractivity contribution in [3.8, 4) is 0 Å². The minimum absolute atomic E-state index is 0.0156. The second-order valence-corrected chi connectivity index (χ2v) is 5.88. The van der Waals surface area contributed by atoms with Gasteiger partial charge in [0.05, 0.1) is 24.1 Å². The van der Waals surface area contributed by atoms with E-state index in [0.717, 1.165) is 12.1 Å². The molecule has 24 heavy (non-hydrogen) atoms. The predicted octanol–water partition coefficient (Wildman–Crippen LogP) is 2.43. The summed E-state index contributed by atoms with van der Waals surface area (Å²) in [5.74, 6) is 0.160. The number of rotatable bonds is 6. The lowest BCUT2D eigenvalue weighted by molar-refractivity contribution is -0.137. The van der Waals surface area contributed by atoms with E-state index in [1.807, 2.05) is 0 Å². The van der Waals surface area contributed by atoms with Crippen LogP contribution in [0, 0.1) is 0 Å². The number of carbonyl (C=O) groups excluding carboxylic acids is 1. The Labute approximate surface area is 140 Å². The monoisotopic (exact) mass is 359 g/mol. The maximum absolute atomic E-state index is 12.5. The van der Waals surface area contributed by atoms with Crippen LogP contribution in [-0.4, -0.2) is 27.6 Å². The third-order valence-electron chi connectivity index (χ3n) is 3.29. The molecule has 0 radical (unpaired) electrons. The molecular weight excluding hydrogens is 343 g/mol. The van der Waals surface area contributed by atoms with Crippen LogP contribution in [0.5, 0.6) is 0 Å². The molecule has 2 N–H and O–H groups in total. The predicted molar refractivity (Wildman–Crippen MR) is 83.2 cm³/mol. The highest BCUT2D eigenvalue weighted by atomic mass is 32.2. The summed E-state index contributed by atoms with van der Waals surface area (Å²) in [6.45, 7) is -0.243. The first-order valence-electron chi connectivity index (χ1n) is 7.00. The van der Waals surface area contributed by atoms with Crippen molar-refractivity contribution in [2.75, 3.05) is 7.05 Å². The molecule has 2 rings (SSSR count). The molecule has 0 aliphatic rings. The number of aliphatic hydroxyl groups is 1. The van der Waals surface area contributed by atoms with Crippen molar-refractivity contribution < 1.29 is 23.1 Å². The number of amides is 1. The first-order valence-corrected chi connectivity index (χ1v) is 7.98. The number of aromatic nitrogens is 2. The van der Waals surface area contributed by atoms with Crippen molar-refractivity contribution in [3.63, 3.8) is 0 Å². The number of carbonyl (C=O) groups is 1. The maximum atomic E-state index is 12.5. The molecule has 2 aromatic rings. The largest absolute Gasteiger partial charge is 0.416 e. The van der Waals surface area contributed by atoms with Gasteiger partial charge in [0, 0.05) is 12.8 Å². The number of thioether (sulfide) groups is 1. The van der Waals surface area contributed by atoms with Gasteiger partial charge in [0.1, 0.15) is 6.54 Å². The molecule has 9 heteroatoms. The van der Waals surface area contributed by atoms with E-state index in [4.69, 9.17) is 0 Å². The van der Waals surface area contributed by atoms with Gasteiger partial charge in [0.25, 0.3) is 0 Å². The molecular formula is C15H16F3N3O2S. The number of hydrogen-bond donors (Lipinski definition) is 2. The van der Waals surface area contributed by atoms with Crippen molar-refractivity contribution >= 4 is 17.7 Å². The SMILES string of the molecule is CNC(=O)Cn1c(CO)cnc1SCc1ccc(C(F)(F)F)cc1. The van der Waals surface area contributed by atoms with Gasteiger partial charge in [0.2, 0.25) is 5.91 Å². The molecule has 0 unspecified atom stereocenters. The quantitative estimate of drug-likeness (QED) is 0.778. The number of likely N-dealkylation sites (N-methyl/N-ethyl adjacent to an activating group) is 1. The third-order valence-corrected chi connectivity index (χ3v) is 4.36. The highest BCUT2D eigenvalue weighted by Crippen LogP contribution is 2.30. The normalized spacial score (nSPS) is 11.5. The Morgan fingerprint density at radius 3 is 2.54 bits per heavy atom. The van der Waals surface area contributed by atoms with Gasteiger partial charge in [-0.25, -0.2) is 4.98 Å². The van der Waals surface area contributed by atoms with Crippen LogP contribution in [0.4, 0.5) is 13.2 Å². The zero-order chi connectivity index (χ0) is 17.7. The lowest BCUT2D eigenvalue weighted by Crippen LogP contribution is -2.24. The number of alkyl halides is 3. The van der Waals surface area contributed by atoms with Gasteiger partial charge in [-0.15, -0.1) is 0 Å². The lowest BCUT2D eigenvalue weighted by Gasteiger charge is -2.10. The van der Waals surface area contributed by atoms with Crippen molar-refractivity contribution in [1.82, 2.24) is 14.9 Å². The summed E-state index contributed by atoms with van der Waals surface area (Å²) in [5.41, 5.74) is 0.501. The molecule has 0 bridgehead atoms. The van der Waals surface area contributed by atoms with Gasteiger partial charge >= 0.3 is 6.18 Å². The number of hydrogen-bond acceptors (Lipinski definition) is 4.